The van der Waals surface area contributed by atoms with Crippen molar-refractivity contribution >= 4 is 21.7 Å². The minimum absolute atomic E-state index is 0.240. The molecule has 1 aliphatic rings. The smallest absolute Gasteiger partial charge is 0.261 e. The third-order valence-corrected chi connectivity index (χ3v) is 5.65. The third-order valence-electron chi connectivity index (χ3n) is 4.79. The minimum Gasteiger partial charge on any atom is -0.337 e. The summed E-state index contributed by atoms with van der Waals surface area (Å²) in [7, 11) is -3.50. The van der Waals surface area contributed by atoms with Gasteiger partial charge in [0.25, 0.3) is 11.8 Å². The number of unbranched alkanes of at least 4 members (excludes halogenated alkanes) is 1. The summed E-state index contributed by atoms with van der Waals surface area (Å²) in [5.41, 5.74) is 1.89. The van der Waals surface area contributed by atoms with Crippen molar-refractivity contribution in [3.63, 3.8) is 0 Å². The molecule has 30 heavy (non-hydrogen) atoms. The molecule has 3 aromatic rings. The highest BCUT2D eigenvalue weighted by molar-refractivity contribution is 7.90. The van der Waals surface area contributed by atoms with Gasteiger partial charge in [-0.15, -0.1) is 0 Å². The lowest BCUT2D eigenvalue weighted by molar-refractivity contribution is 0.0651. The van der Waals surface area contributed by atoms with Crippen molar-refractivity contribution in [1.29, 1.82) is 0 Å². The van der Waals surface area contributed by atoms with E-state index in [1.807, 2.05) is 4.57 Å². The number of carbonyl (C=O) groups is 2. The predicted octanol–water partition coefficient (Wildman–Crippen LogP) is 1.82. The second-order valence-corrected chi connectivity index (χ2v) is 8.92. The molecule has 1 aromatic carbocycles. The molecule has 9 nitrogen and oxygen atoms in total. The van der Waals surface area contributed by atoms with Gasteiger partial charge in [-0.05, 0) is 31.0 Å². The molecule has 0 unspecified atom stereocenters. The first-order valence-electron chi connectivity index (χ1n) is 9.35. The van der Waals surface area contributed by atoms with Gasteiger partial charge in [-0.1, -0.05) is 12.1 Å². The predicted molar refractivity (Wildman–Crippen MR) is 107 cm³/mol. The Labute approximate surface area is 173 Å². The van der Waals surface area contributed by atoms with Crippen LogP contribution in [0.2, 0.25) is 0 Å². The van der Waals surface area contributed by atoms with Crippen LogP contribution in [0.3, 0.4) is 0 Å². The summed E-state index contributed by atoms with van der Waals surface area (Å²) in [5, 5.41) is -0.240. The van der Waals surface area contributed by atoms with Crippen molar-refractivity contribution < 1.29 is 18.0 Å². The molecular formula is C20H19N5O4S. The van der Waals surface area contributed by atoms with Crippen LogP contribution in [0.25, 0.3) is 11.4 Å². The zero-order valence-corrected chi connectivity index (χ0v) is 17.0. The molecule has 0 spiro atoms. The molecule has 0 bridgehead atoms. The Bertz CT molecular complexity index is 1200. The van der Waals surface area contributed by atoms with E-state index in [4.69, 9.17) is 0 Å². The second kappa shape index (κ2) is 7.79. The number of aromatic nitrogens is 4. The molecule has 0 aliphatic carbocycles. The number of carbonyl (C=O) groups excluding carboxylic acids is 2. The quantitative estimate of drug-likeness (QED) is 0.322. The monoisotopic (exact) mass is 425 g/mol. The Kier molecular flexibility index (Phi) is 5.17. The second-order valence-electron chi connectivity index (χ2n) is 7.01. The number of nitrogens with zero attached hydrogens (tertiary/aromatic N) is 5. The van der Waals surface area contributed by atoms with Crippen molar-refractivity contribution in [2.24, 2.45) is 0 Å². The Morgan fingerprint density at radius 2 is 1.57 bits per heavy atom. The topological polar surface area (TPSA) is 115 Å². The fraction of sp³-hybridized carbons (Fsp3) is 0.250. The number of imide groups is 1. The van der Waals surface area contributed by atoms with E-state index in [1.54, 1.807) is 42.9 Å². The average molecular weight is 425 g/mol. The Morgan fingerprint density at radius 3 is 2.23 bits per heavy atom. The summed E-state index contributed by atoms with van der Waals surface area (Å²) >= 11 is 0. The zero-order chi connectivity index (χ0) is 21.3. The van der Waals surface area contributed by atoms with Crippen LogP contribution in [0.15, 0.2) is 54.2 Å². The van der Waals surface area contributed by atoms with Gasteiger partial charge in [0, 0.05) is 31.7 Å². The number of amides is 2. The van der Waals surface area contributed by atoms with E-state index in [0.29, 0.717) is 42.0 Å². The van der Waals surface area contributed by atoms with Gasteiger partial charge in [-0.2, -0.15) is 0 Å². The van der Waals surface area contributed by atoms with Crippen LogP contribution in [0.1, 0.15) is 33.6 Å². The van der Waals surface area contributed by atoms with Crippen LogP contribution in [-0.2, 0) is 16.4 Å². The lowest BCUT2D eigenvalue weighted by Crippen LogP contribution is -2.30. The fourth-order valence-corrected chi connectivity index (χ4v) is 3.80. The zero-order valence-electron chi connectivity index (χ0n) is 16.2. The Morgan fingerprint density at radius 1 is 0.900 bits per heavy atom. The van der Waals surface area contributed by atoms with Crippen LogP contribution in [-0.4, -0.2) is 57.5 Å². The van der Waals surface area contributed by atoms with Gasteiger partial charge in [0.15, 0.2) is 0 Å². The van der Waals surface area contributed by atoms with Gasteiger partial charge in [0.05, 0.1) is 23.1 Å². The highest BCUT2D eigenvalue weighted by atomic mass is 32.2. The molecule has 0 saturated carbocycles. The fourth-order valence-electron chi connectivity index (χ4n) is 3.28. The van der Waals surface area contributed by atoms with Gasteiger partial charge in [0.1, 0.15) is 5.69 Å². The summed E-state index contributed by atoms with van der Waals surface area (Å²) in [6.07, 6.45) is 7.25. The van der Waals surface area contributed by atoms with E-state index in [1.165, 1.54) is 11.1 Å². The van der Waals surface area contributed by atoms with Crippen LogP contribution >= 0.6 is 0 Å². The van der Waals surface area contributed by atoms with Crippen LogP contribution in [0, 0.1) is 0 Å². The normalized spacial score (nSPS) is 13.7. The van der Waals surface area contributed by atoms with E-state index in [-0.39, 0.29) is 17.0 Å². The molecule has 3 heterocycles. The van der Waals surface area contributed by atoms with Crippen molar-refractivity contribution in [1.82, 2.24) is 24.4 Å². The number of imidazole rings is 1. The van der Waals surface area contributed by atoms with E-state index in [0.717, 1.165) is 12.7 Å². The van der Waals surface area contributed by atoms with Gasteiger partial charge < -0.3 is 4.57 Å². The third kappa shape index (κ3) is 3.86. The van der Waals surface area contributed by atoms with E-state index < -0.39 is 9.84 Å². The van der Waals surface area contributed by atoms with E-state index in [9.17, 15) is 18.0 Å². The molecule has 10 heteroatoms. The van der Waals surface area contributed by atoms with E-state index in [2.05, 4.69) is 15.0 Å². The van der Waals surface area contributed by atoms with Crippen molar-refractivity contribution in [3.8, 4) is 11.4 Å². The molecule has 0 N–H and O–H groups in total. The lowest BCUT2D eigenvalue weighted by atomic mass is 10.1. The Hall–Kier alpha value is -3.40. The van der Waals surface area contributed by atoms with Crippen molar-refractivity contribution in [3.05, 3.63) is 60.2 Å². The standard InChI is InChI=1S/C20H19N5O4S/c1-30(28,29)20-21-9-8-16(23-20)17-12-24(13-22-17)10-4-5-11-25-18(26)14-6-2-3-7-15(14)19(25)27/h2-3,6-9,12-13H,4-5,10-11H2,1H3. The van der Waals surface area contributed by atoms with Gasteiger partial charge in [-0.25, -0.2) is 23.4 Å². The van der Waals surface area contributed by atoms with Crippen molar-refractivity contribution in [2.45, 2.75) is 24.5 Å². The maximum Gasteiger partial charge on any atom is 0.261 e. The average Bonchev–Trinajstić information content (AvgIpc) is 3.30. The van der Waals surface area contributed by atoms with Gasteiger partial charge in [0.2, 0.25) is 15.0 Å². The number of benzene rings is 1. The summed E-state index contributed by atoms with van der Waals surface area (Å²) < 4.78 is 25.1. The largest absolute Gasteiger partial charge is 0.337 e. The lowest BCUT2D eigenvalue weighted by Gasteiger charge is -2.13. The molecule has 0 radical (unpaired) electrons. The molecule has 0 fully saturated rings. The molecule has 154 valence electrons. The number of sulfone groups is 1. The number of fused-ring (bicyclic) bond motifs is 1. The molecule has 0 atom stereocenters. The first-order valence-corrected chi connectivity index (χ1v) is 11.2. The summed E-state index contributed by atoms with van der Waals surface area (Å²) in [4.78, 5) is 38.1. The molecule has 2 aromatic heterocycles. The van der Waals surface area contributed by atoms with Crippen LogP contribution in [0.4, 0.5) is 0 Å². The molecule has 2 amide bonds. The van der Waals surface area contributed by atoms with E-state index >= 15 is 0 Å². The van der Waals surface area contributed by atoms with Crippen LogP contribution < -0.4 is 0 Å². The molecule has 1 aliphatic heterocycles. The van der Waals surface area contributed by atoms with Gasteiger partial charge in [-0.3, -0.25) is 14.5 Å². The molecular weight excluding hydrogens is 406 g/mol. The molecule has 4 rings (SSSR count). The number of aryl methyl sites for hydroxylation is 1. The van der Waals surface area contributed by atoms with Crippen LogP contribution in [0.5, 0.6) is 0 Å². The number of hydrogen-bond acceptors (Lipinski definition) is 7. The number of rotatable bonds is 7. The maximum absolute atomic E-state index is 12.4. The van der Waals surface area contributed by atoms with Crippen molar-refractivity contribution in [2.75, 3.05) is 12.8 Å². The summed E-state index contributed by atoms with van der Waals surface area (Å²) in [6.45, 7) is 0.998. The first-order chi connectivity index (χ1) is 14.3. The minimum atomic E-state index is -3.50. The highest BCUT2D eigenvalue weighted by Gasteiger charge is 2.34. The van der Waals surface area contributed by atoms with Gasteiger partial charge >= 0.3 is 0 Å². The first kappa shape index (κ1) is 19.9. The number of hydrogen-bond donors (Lipinski definition) is 0. The maximum atomic E-state index is 12.4. The Balaban J connectivity index is 1.34. The summed E-state index contributed by atoms with van der Waals surface area (Å²) in [5.74, 6) is -0.489. The molecule has 0 saturated heterocycles. The highest BCUT2D eigenvalue weighted by Crippen LogP contribution is 2.23. The SMILES string of the molecule is CS(=O)(=O)c1nccc(-c2cn(CCCCN3C(=O)c4ccccc4C3=O)cn2)n1. The summed E-state index contributed by atoms with van der Waals surface area (Å²) in [6, 6.07) is 8.45.